The average Bonchev–Trinajstić information content (AvgIpc) is 2.17. The van der Waals surface area contributed by atoms with Crippen LogP contribution in [0.4, 0.5) is 0 Å². The molecule has 0 aromatic heterocycles. The number of aliphatic hydroxyl groups is 1. The summed E-state index contributed by atoms with van der Waals surface area (Å²) in [7, 11) is 1.47. The van der Waals surface area contributed by atoms with E-state index in [2.05, 4.69) is 5.32 Å². The second kappa shape index (κ2) is 8.03. The normalized spacial score (nSPS) is 14.2. The van der Waals surface area contributed by atoms with Crippen molar-refractivity contribution in [3.63, 3.8) is 0 Å². The predicted molar refractivity (Wildman–Crippen MR) is 55.7 cm³/mol. The number of carbonyl (C=O) groups excluding carboxylic acids is 1. The first kappa shape index (κ1) is 14.8. The Kier molecular flexibility index (Phi) is 7.44. The van der Waals surface area contributed by atoms with Gasteiger partial charge in [-0.25, -0.2) is 0 Å². The van der Waals surface area contributed by atoms with E-state index in [9.17, 15) is 9.59 Å². The fourth-order valence-electron chi connectivity index (χ4n) is 1.14. The Morgan fingerprint density at radius 2 is 2.12 bits per heavy atom. The van der Waals surface area contributed by atoms with Gasteiger partial charge in [0.05, 0.1) is 25.1 Å². The first-order valence-electron chi connectivity index (χ1n) is 4.88. The highest BCUT2D eigenvalue weighted by atomic mass is 16.5. The topological polar surface area (TPSA) is 122 Å². The summed E-state index contributed by atoms with van der Waals surface area (Å²) in [4.78, 5) is 21.7. The minimum absolute atomic E-state index is 0.0948. The summed E-state index contributed by atoms with van der Waals surface area (Å²) in [5.74, 6) is -1.69. The first-order chi connectivity index (χ1) is 7.51. The molecule has 0 aliphatic carbocycles. The van der Waals surface area contributed by atoms with Gasteiger partial charge in [-0.1, -0.05) is 0 Å². The van der Waals surface area contributed by atoms with Crippen LogP contribution in [0.1, 0.15) is 12.8 Å². The maximum absolute atomic E-state index is 11.4. The number of methoxy groups -OCH3 is 1. The zero-order valence-corrected chi connectivity index (χ0v) is 9.18. The lowest BCUT2D eigenvalue weighted by molar-refractivity contribution is -0.139. The fraction of sp³-hybridized carbons (Fsp3) is 0.778. The van der Waals surface area contributed by atoms with Crippen molar-refractivity contribution in [1.82, 2.24) is 5.32 Å². The lowest BCUT2D eigenvalue weighted by atomic mass is 10.1. The molecule has 1 amide bonds. The smallest absolute Gasteiger partial charge is 0.305 e. The van der Waals surface area contributed by atoms with Crippen LogP contribution in [-0.2, 0) is 14.3 Å². The fourth-order valence-corrected chi connectivity index (χ4v) is 1.14. The van der Waals surface area contributed by atoms with Gasteiger partial charge in [0.2, 0.25) is 5.91 Å². The molecule has 0 heterocycles. The van der Waals surface area contributed by atoms with Crippen molar-refractivity contribution in [3.8, 4) is 0 Å². The summed E-state index contributed by atoms with van der Waals surface area (Å²) in [6, 6.07) is -1.45. The first-order valence-corrected chi connectivity index (χ1v) is 4.88. The summed E-state index contributed by atoms with van der Waals surface area (Å²) in [6.07, 6.45) is -0.0932. The van der Waals surface area contributed by atoms with Gasteiger partial charge in [0.25, 0.3) is 0 Å². The zero-order valence-electron chi connectivity index (χ0n) is 9.18. The summed E-state index contributed by atoms with van der Waals surface area (Å²) in [5, 5.41) is 19.7. The molecule has 0 saturated heterocycles. The monoisotopic (exact) mass is 234 g/mol. The number of hydrogen-bond donors (Lipinski definition) is 4. The summed E-state index contributed by atoms with van der Waals surface area (Å²) in [6.45, 7) is 0.147. The number of aliphatic hydroxyl groups excluding tert-OH is 1. The highest BCUT2D eigenvalue weighted by molar-refractivity contribution is 5.86. The van der Waals surface area contributed by atoms with Crippen LogP contribution in [0.3, 0.4) is 0 Å². The van der Waals surface area contributed by atoms with Crippen LogP contribution in [-0.4, -0.2) is 54.5 Å². The Labute approximate surface area is 93.6 Å². The lowest BCUT2D eigenvalue weighted by Gasteiger charge is -2.18. The van der Waals surface area contributed by atoms with Crippen molar-refractivity contribution in [2.45, 2.75) is 24.9 Å². The number of hydrogen-bond acceptors (Lipinski definition) is 5. The van der Waals surface area contributed by atoms with Gasteiger partial charge in [-0.15, -0.1) is 0 Å². The number of amides is 1. The molecule has 94 valence electrons. The molecule has 0 spiro atoms. The largest absolute Gasteiger partial charge is 0.481 e. The van der Waals surface area contributed by atoms with E-state index >= 15 is 0 Å². The molecule has 0 radical (unpaired) electrons. The minimum atomic E-state index is -1.13. The molecule has 7 heteroatoms. The number of carbonyl (C=O) groups is 2. The van der Waals surface area contributed by atoms with Gasteiger partial charge >= 0.3 is 5.97 Å². The third-order valence-corrected chi connectivity index (χ3v) is 1.92. The number of nitrogens with two attached hydrogens (primary N) is 1. The molecule has 0 aromatic carbocycles. The van der Waals surface area contributed by atoms with Gasteiger partial charge in [0.15, 0.2) is 0 Å². The summed E-state index contributed by atoms with van der Waals surface area (Å²) >= 11 is 0. The number of nitrogens with one attached hydrogen (secondary N) is 1. The molecule has 0 aliphatic rings. The van der Waals surface area contributed by atoms with Gasteiger partial charge < -0.3 is 26.0 Å². The van der Waals surface area contributed by atoms with E-state index < -0.39 is 24.3 Å². The maximum atomic E-state index is 11.4. The van der Waals surface area contributed by atoms with Crippen molar-refractivity contribution in [3.05, 3.63) is 0 Å². The molecule has 0 bridgehead atoms. The maximum Gasteiger partial charge on any atom is 0.305 e. The molecule has 0 aliphatic heterocycles. The molecule has 2 unspecified atom stereocenters. The van der Waals surface area contributed by atoms with Crippen LogP contribution >= 0.6 is 0 Å². The Morgan fingerprint density at radius 1 is 1.50 bits per heavy atom. The molecular formula is C9H18N2O5. The second-order valence-corrected chi connectivity index (χ2v) is 3.38. The second-order valence-electron chi connectivity index (χ2n) is 3.38. The molecule has 0 rings (SSSR count). The molecule has 2 atom stereocenters. The highest BCUT2D eigenvalue weighted by Crippen LogP contribution is 1.95. The third-order valence-electron chi connectivity index (χ3n) is 1.92. The van der Waals surface area contributed by atoms with Crippen molar-refractivity contribution >= 4 is 11.9 Å². The van der Waals surface area contributed by atoms with E-state index in [1.165, 1.54) is 7.11 Å². The molecule has 16 heavy (non-hydrogen) atoms. The molecule has 0 fully saturated rings. The van der Waals surface area contributed by atoms with Crippen LogP contribution in [0, 0.1) is 0 Å². The van der Waals surface area contributed by atoms with Gasteiger partial charge in [-0.05, 0) is 6.42 Å². The van der Waals surface area contributed by atoms with Crippen molar-refractivity contribution < 1.29 is 24.5 Å². The average molecular weight is 234 g/mol. The Bertz CT molecular complexity index is 228. The van der Waals surface area contributed by atoms with Crippen LogP contribution in [0.25, 0.3) is 0 Å². The van der Waals surface area contributed by atoms with Crippen molar-refractivity contribution in [1.29, 1.82) is 0 Å². The van der Waals surface area contributed by atoms with Gasteiger partial charge in [0.1, 0.15) is 0 Å². The molecule has 0 saturated carbocycles. The van der Waals surface area contributed by atoms with Crippen molar-refractivity contribution in [2.75, 3.05) is 20.3 Å². The standard InChI is InChI=1S/C9H18N2O5/c1-16-5-6(2-3-12)11-9(15)7(10)4-8(13)14/h6-7,12H,2-5,10H2,1H3,(H,11,15)(H,13,14). The highest BCUT2D eigenvalue weighted by Gasteiger charge is 2.20. The Hall–Kier alpha value is -1.18. The zero-order chi connectivity index (χ0) is 12.6. The van der Waals surface area contributed by atoms with E-state index in [0.717, 1.165) is 0 Å². The van der Waals surface area contributed by atoms with E-state index in [4.69, 9.17) is 20.7 Å². The van der Waals surface area contributed by atoms with E-state index in [1.54, 1.807) is 0 Å². The summed E-state index contributed by atoms with van der Waals surface area (Å²) in [5.41, 5.74) is 5.36. The van der Waals surface area contributed by atoms with Gasteiger partial charge in [-0.3, -0.25) is 9.59 Å². The van der Waals surface area contributed by atoms with Gasteiger partial charge in [-0.2, -0.15) is 0 Å². The SMILES string of the molecule is COCC(CCO)NC(=O)C(N)CC(=O)O. The quantitative estimate of drug-likeness (QED) is 0.397. The van der Waals surface area contributed by atoms with E-state index in [1.807, 2.05) is 0 Å². The third kappa shape index (κ3) is 6.33. The van der Waals surface area contributed by atoms with Crippen LogP contribution in [0.15, 0.2) is 0 Å². The number of carboxylic acids is 1. The number of aliphatic carboxylic acids is 1. The number of carboxylic acid groups (broad SMARTS) is 1. The summed E-state index contributed by atoms with van der Waals surface area (Å²) < 4.78 is 4.84. The minimum Gasteiger partial charge on any atom is -0.481 e. The number of rotatable bonds is 8. The van der Waals surface area contributed by atoms with Crippen LogP contribution in [0.5, 0.6) is 0 Å². The lowest BCUT2D eigenvalue weighted by Crippen LogP contribution is -2.48. The molecular weight excluding hydrogens is 216 g/mol. The van der Waals surface area contributed by atoms with E-state index in [-0.39, 0.29) is 19.3 Å². The molecule has 0 aromatic rings. The van der Waals surface area contributed by atoms with E-state index in [0.29, 0.717) is 6.42 Å². The molecule has 7 nitrogen and oxygen atoms in total. The van der Waals surface area contributed by atoms with Gasteiger partial charge in [0, 0.05) is 13.7 Å². The van der Waals surface area contributed by atoms with Crippen LogP contribution in [0.2, 0.25) is 0 Å². The number of ether oxygens (including phenoxy) is 1. The Balaban J connectivity index is 4.11. The molecule has 5 N–H and O–H groups in total. The predicted octanol–water partition coefficient (Wildman–Crippen LogP) is -1.70. The van der Waals surface area contributed by atoms with Crippen molar-refractivity contribution in [2.24, 2.45) is 5.73 Å². The van der Waals surface area contributed by atoms with Crippen LogP contribution < -0.4 is 11.1 Å². The Morgan fingerprint density at radius 3 is 2.56 bits per heavy atom.